The van der Waals surface area contributed by atoms with Gasteiger partial charge >= 0.3 is 0 Å². The average molecular weight is 184 g/mol. The predicted molar refractivity (Wildman–Crippen MR) is 56.5 cm³/mol. The fourth-order valence-electron chi connectivity index (χ4n) is 2.86. The van der Waals surface area contributed by atoms with Crippen molar-refractivity contribution in [3.63, 3.8) is 0 Å². The Hall–Kier alpha value is -0.0400. The molecule has 0 heterocycles. The summed E-state index contributed by atoms with van der Waals surface area (Å²) >= 11 is 0. The highest BCUT2D eigenvalue weighted by atomic mass is 16.3. The van der Waals surface area contributed by atoms with Crippen molar-refractivity contribution < 1.29 is 5.11 Å². The lowest BCUT2D eigenvalue weighted by Crippen LogP contribution is -2.39. The molecule has 5 atom stereocenters. The molecule has 0 spiro atoms. The van der Waals surface area contributed by atoms with E-state index in [1.165, 1.54) is 12.8 Å². The normalized spacial score (nSPS) is 46.4. The summed E-state index contributed by atoms with van der Waals surface area (Å²) in [6, 6.07) is 0. The van der Waals surface area contributed by atoms with Gasteiger partial charge in [-0.1, -0.05) is 40.5 Å². The van der Waals surface area contributed by atoms with E-state index >= 15 is 0 Å². The molecule has 0 radical (unpaired) electrons. The quantitative estimate of drug-likeness (QED) is 0.699. The third kappa shape index (κ3) is 2.25. The molecule has 0 saturated heterocycles. The Balaban J connectivity index is 2.64. The molecule has 5 unspecified atom stereocenters. The van der Waals surface area contributed by atoms with Crippen molar-refractivity contribution in [1.29, 1.82) is 0 Å². The van der Waals surface area contributed by atoms with Crippen molar-refractivity contribution in [3.05, 3.63) is 0 Å². The lowest BCUT2D eigenvalue weighted by Gasteiger charge is -2.42. The number of aliphatic hydroxyl groups is 1. The number of rotatable bonds is 2. The summed E-state index contributed by atoms with van der Waals surface area (Å²) in [5.74, 6) is 2.73. The standard InChI is InChI=1S/C12H24O/c1-5-6-11-9(3)8(2)7-12(13)10(11)4/h8-13H,5-7H2,1-4H3. The second kappa shape index (κ2) is 4.45. The molecule has 1 fully saturated rings. The fourth-order valence-corrected chi connectivity index (χ4v) is 2.86. The van der Waals surface area contributed by atoms with Crippen LogP contribution in [0.15, 0.2) is 0 Å². The lowest BCUT2D eigenvalue weighted by molar-refractivity contribution is -0.0161. The van der Waals surface area contributed by atoms with Gasteiger partial charge < -0.3 is 5.11 Å². The van der Waals surface area contributed by atoms with Crippen LogP contribution >= 0.6 is 0 Å². The minimum Gasteiger partial charge on any atom is -0.393 e. The van der Waals surface area contributed by atoms with Crippen LogP contribution in [0.1, 0.15) is 47.0 Å². The maximum atomic E-state index is 9.86. The van der Waals surface area contributed by atoms with Crippen LogP contribution in [-0.2, 0) is 0 Å². The van der Waals surface area contributed by atoms with Gasteiger partial charge in [0.1, 0.15) is 0 Å². The summed E-state index contributed by atoms with van der Waals surface area (Å²) in [4.78, 5) is 0. The summed E-state index contributed by atoms with van der Waals surface area (Å²) in [6.45, 7) is 9.09. The summed E-state index contributed by atoms with van der Waals surface area (Å²) < 4.78 is 0. The molecule has 78 valence electrons. The first-order valence-electron chi connectivity index (χ1n) is 5.76. The predicted octanol–water partition coefficient (Wildman–Crippen LogP) is 3.08. The molecule has 1 heteroatoms. The van der Waals surface area contributed by atoms with Gasteiger partial charge in [0.25, 0.3) is 0 Å². The van der Waals surface area contributed by atoms with Gasteiger partial charge in [-0.2, -0.15) is 0 Å². The van der Waals surface area contributed by atoms with Gasteiger partial charge in [-0.05, 0) is 30.1 Å². The molecule has 0 aromatic heterocycles. The topological polar surface area (TPSA) is 20.2 Å². The highest BCUT2D eigenvalue weighted by molar-refractivity contribution is 4.86. The van der Waals surface area contributed by atoms with Crippen LogP contribution in [0.4, 0.5) is 0 Å². The van der Waals surface area contributed by atoms with Gasteiger partial charge in [-0.15, -0.1) is 0 Å². The highest BCUT2D eigenvalue weighted by Gasteiger charge is 2.36. The first kappa shape index (κ1) is 11.0. The van der Waals surface area contributed by atoms with Crippen molar-refractivity contribution in [2.24, 2.45) is 23.7 Å². The van der Waals surface area contributed by atoms with Crippen LogP contribution in [-0.4, -0.2) is 11.2 Å². The van der Waals surface area contributed by atoms with E-state index in [4.69, 9.17) is 0 Å². The molecule has 1 saturated carbocycles. The van der Waals surface area contributed by atoms with Crippen molar-refractivity contribution in [2.45, 2.75) is 53.1 Å². The minimum absolute atomic E-state index is 0.0530. The van der Waals surface area contributed by atoms with E-state index in [1.807, 2.05) is 0 Å². The molecular weight excluding hydrogens is 160 g/mol. The highest BCUT2D eigenvalue weighted by Crippen LogP contribution is 2.40. The fraction of sp³-hybridized carbons (Fsp3) is 1.00. The Labute approximate surface area is 82.5 Å². The zero-order valence-electron chi connectivity index (χ0n) is 9.46. The first-order chi connectivity index (χ1) is 6.07. The second-order valence-electron chi connectivity index (χ2n) is 4.95. The largest absolute Gasteiger partial charge is 0.393 e. The Kier molecular flexibility index (Phi) is 3.78. The summed E-state index contributed by atoms with van der Waals surface area (Å²) in [5, 5.41) is 9.86. The van der Waals surface area contributed by atoms with Crippen LogP contribution in [0.25, 0.3) is 0 Å². The van der Waals surface area contributed by atoms with Crippen LogP contribution in [0.3, 0.4) is 0 Å². The zero-order valence-corrected chi connectivity index (χ0v) is 9.46. The van der Waals surface area contributed by atoms with Gasteiger partial charge in [-0.25, -0.2) is 0 Å². The van der Waals surface area contributed by atoms with E-state index in [2.05, 4.69) is 27.7 Å². The molecule has 0 aromatic rings. The molecule has 0 aliphatic heterocycles. The Morgan fingerprint density at radius 3 is 2.31 bits per heavy atom. The maximum absolute atomic E-state index is 9.86. The molecule has 1 aliphatic carbocycles. The van der Waals surface area contributed by atoms with Crippen molar-refractivity contribution >= 4 is 0 Å². The van der Waals surface area contributed by atoms with Gasteiger partial charge in [-0.3, -0.25) is 0 Å². The Morgan fingerprint density at radius 1 is 1.15 bits per heavy atom. The second-order valence-corrected chi connectivity index (χ2v) is 4.95. The Morgan fingerprint density at radius 2 is 1.77 bits per heavy atom. The van der Waals surface area contributed by atoms with Crippen molar-refractivity contribution in [3.8, 4) is 0 Å². The molecular formula is C12H24O. The molecule has 0 bridgehead atoms. The van der Waals surface area contributed by atoms with Crippen LogP contribution in [0.5, 0.6) is 0 Å². The molecule has 1 N–H and O–H groups in total. The van der Waals surface area contributed by atoms with Crippen LogP contribution in [0.2, 0.25) is 0 Å². The SMILES string of the molecule is CCCC1C(C)C(C)CC(O)C1C. The van der Waals surface area contributed by atoms with Gasteiger partial charge in [0.05, 0.1) is 6.10 Å². The molecule has 1 nitrogen and oxygen atoms in total. The smallest absolute Gasteiger partial charge is 0.0571 e. The van der Waals surface area contributed by atoms with Crippen molar-refractivity contribution in [2.75, 3.05) is 0 Å². The van der Waals surface area contributed by atoms with Gasteiger partial charge in [0, 0.05) is 0 Å². The van der Waals surface area contributed by atoms with Gasteiger partial charge in [0.15, 0.2) is 0 Å². The monoisotopic (exact) mass is 184 g/mol. The van der Waals surface area contributed by atoms with Gasteiger partial charge in [0.2, 0.25) is 0 Å². The Bertz CT molecular complexity index is 141. The van der Waals surface area contributed by atoms with E-state index in [-0.39, 0.29) is 6.10 Å². The lowest BCUT2D eigenvalue weighted by atomic mass is 9.66. The molecule has 1 aliphatic rings. The minimum atomic E-state index is -0.0530. The van der Waals surface area contributed by atoms with E-state index in [9.17, 15) is 5.11 Å². The third-order valence-corrected chi connectivity index (χ3v) is 4.09. The van der Waals surface area contributed by atoms with E-state index < -0.39 is 0 Å². The van der Waals surface area contributed by atoms with E-state index in [1.54, 1.807) is 0 Å². The van der Waals surface area contributed by atoms with E-state index in [0.717, 1.165) is 18.3 Å². The molecule has 1 rings (SSSR count). The number of hydrogen-bond donors (Lipinski definition) is 1. The zero-order chi connectivity index (χ0) is 10.0. The molecule has 0 amide bonds. The maximum Gasteiger partial charge on any atom is 0.0571 e. The van der Waals surface area contributed by atoms with Crippen LogP contribution in [0, 0.1) is 23.7 Å². The molecule has 0 aromatic carbocycles. The summed E-state index contributed by atoms with van der Waals surface area (Å²) in [6.07, 6.45) is 3.48. The molecule has 13 heavy (non-hydrogen) atoms. The number of aliphatic hydroxyl groups excluding tert-OH is 1. The van der Waals surface area contributed by atoms with Crippen LogP contribution < -0.4 is 0 Å². The number of hydrogen-bond acceptors (Lipinski definition) is 1. The summed E-state index contributed by atoms with van der Waals surface area (Å²) in [7, 11) is 0. The first-order valence-corrected chi connectivity index (χ1v) is 5.76. The third-order valence-electron chi connectivity index (χ3n) is 4.09. The van der Waals surface area contributed by atoms with Crippen molar-refractivity contribution in [1.82, 2.24) is 0 Å². The van der Waals surface area contributed by atoms with E-state index in [0.29, 0.717) is 11.8 Å². The summed E-state index contributed by atoms with van der Waals surface area (Å²) in [5.41, 5.74) is 0. The average Bonchev–Trinajstić information content (AvgIpc) is 2.09.